The highest BCUT2D eigenvalue weighted by Gasteiger charge is 2.22. The van der Waals surface area contributed by atoms with Crippen LogP contribution in [-0.4, -0.2) is 55.9 Å². The number of carbonyl (C=O) groups is 1. The van der Waals surface area contributed by atoms with Crippen molar-refractivity contribution < 1.29 is 19.0 Å². The van der Waals surface area contributed by atoms with E-state index in [2.05, 4.69) is 20.2 Å². The number of aromatic nitrogens is 2. The molecule has 154 valence electrons. The van der Waals surface area contributed by atoms with Gasteiger partial charge in [-0.1, -0.05) is 0 Å². The van der Waals surface area contributed by atoms with Crippen molar-refractivity contribution >= 4 is 11.7 Å². The molecule has 1 fully saturated rings. The van der Waals surface area contributed by atoms with Crippen molar-refractivity contribution in [2.45, 2.75) is 31.9 Å². The van der Waals surface area contributed by atoms with Gasteiger partial charge in [0.25, 0.3) is 5.91 Å². The van der Waals surface area contributed by atoms with Crippen molar-refractivity contribution in [3.8, 4) is 11.5 Å². The van der Waals surface area contributed by atoms with Crippen LogP contribution in [0.15, 0.2) is 24.5 Å². The van der Waals surface area contributed by atoms with Gasteiger partial charge in [0.1, 0.15) is 17.8 Å². The number of fused-ring (bicyclic) bond motifs is 1. The Balaban J connectivity index is 1.46. The molecule has 1 aromatic heterocycles. The highest BCUT2D eigenvalue weighted by Crippen LogP contribution is 2.34. The Hall–Kier alpha value is -2.87. The van der Waals surface area contributed by atoms with E-state index in [4.69, 9.17) is 14.2 Å². The van der Waals surface area contributed by atoms with Crippen LogP contribution in [0.5, 0.6) is 11.5 Å². The summed E-state index contributed by atoms with van der Waals surface area (Å²) < 4.78 is 16.4. The van der Waals surface area contributed by atoms with E-state index >= 15 is 0 Å². The Morgan fingerprint density at radius 2 is 2.00 bits per heavy atom. The second-order valence-electron chi connectivity index (χ2n) is 7.25. The lowest BCUT2D eigenvalue weighted by Gasteiger charge is -2.30. The smallest absolute Gasteiger partial charge is 0.270 e. The molecule has 29 heavy (non-hydrogen) atoms. The molecule has 2 aliphatic heterocycles. The van der Waals surface area contributed by atoms with Crippen LogP contribution in [0, 0.1) is 0 Å². The molecule has 0 bridgehead atoms. The van der Waals surface area contributed by atoms with Gasteiger partial charge in [-0.25, -0.2) is 9.97 Å². The van der Waals surface area contributed by atoms with Crippen LogP contribution in [0.25, 0.3) is 0 Å². The van der Waals surface area contributed by atoms with Gasteiger partial charge in [0.05, 0.1) is 20.3 Å². The van der Waals surface area contributed by atoms with Gasteiger partial charge in [-0.3, -0.25) is 4.79 Å². The molecule has 0 spiro atoms. The van der Waals surface area contributed by atoms with Crippen LogP contribution < -0.4 is 19.7 Å². The summed E-state index contributed by atoms with van der Waals surface area (Å²) in [4.78, 5) is 23.2. The normalized spacial score (nSPS) is 18.3. The second-order valence-corrected chi connectivity index (χ2v) is 7.25. The van der Waals surface area contributed by atoms with Gasteiger partial charge < -0.3 is 24.4 Å². The van der Waals surface area contributed by atoms with Crippen LogP contribution in [-0.2, 0) is 17.7 Å². The van der Waals surface area contributed by atoms with Crippen molar-refractivity contribution in [3.63, 3.8) is 0 Å². The van der Waals surface area contributed by atoms with Crippen LogP contribution in [0.2, 0.25) is 0 Å². The van der Waals surface area contributed by atoms with E-state index in [0.717, 1.165) is 49.5 Å². The number of amides is 1. The van der Waals surface area contributed by atoms with E-state index in [9.17, 15) is 4.79 Å². The number of nitrogens with one attached hydrogen (secondary N) is 1. The van der Waals surface area contributed by atoms with Gasteiger partial charge in [-0.15, -0.1) is 0 Å². The number of hydrogen-bond donors (Lipinski definition) is 1. The van der Waals surface area contributed by atoms with E-state index in [1.807, 2.05) is 12.1 Å². The summed E-state index contributed by atoms with van der Waals surface area (Å²) in [5.74, 6) is 1.99. The van der Waals surface area contributed by atoms with Gasteiger partial charge in [-0.2, -0.15) is 0 Å². The van der Waals surface area contributed by atoms with E-state index in [1.165, 1.54) is 11.9 Å². The number of rotatable bonds is 6. The largest absolute Gasteiger partial charge is 0.493 e. The minimum Gasteiger partial charge on any atom is -0.493 e. The Morgan fingerprint density at radius 3 is 2.72 bits per heavy atom. The molecule has 0 radical (unpaired) electrons. The maximum absolute atomic E-state index is 12.5. The minimum atomic E-state index is -0.201. The number of carbonyl (C=O) groups excluding carboxylic acids is 1. The van der Waals surface area contributed by atoms with Crippen molar-refractivity contribution in [1.82, 2.24) is 15.3 Å². The van der Waals surface area contributed by atoms with E-state index < -0.39 is 0 Å². The summed E-state index contributed by atoms with van der Waals surface area (Å²) >= 11 is 0. The van der Waals surface area contributed by atoms with E-state index in [1.54, 1.807) is 20.3 Å². The van der Waals surface area contributed by atoms with Crippen molar-refractivity contribution in [2.75, 3.05) is 38.8 Å². The van der Waals surface area contributed by atoms with E-state index in [0.29, 0.717) is 24.5 Å². The third kappa shape index (κ3) is 4.27. The van der Waals surface area contributed by atoms with Gasteiger partial charge in [-0.05, 0) is 42.5 Å². The topological polar surface area (TPSA) is 85.8 Å². The first-order valence-electron chi connectivity index (χ1n) is 9.88. The lowest BCUT2D eigenvalue weighted by molar-refractivity contribution is 0.0853. The highest BCUT2D eigenvalue weighted by molar-refractivity contribution is 5.92. The van der Waals surface area contributed by atoms with Crippen molar-refractivity contribution in [2.24, 2.45) is 0 Å². The number of anilines is 1. The number of hydrogen-bond acceptors (Lipinski definition) is 7. The molecule has 1 unspecified atom stereocenters. The monoisotopic (exact) mass is 398 g/mol. The zero-order valence-corrected chi connectivity index (χ0v) is 16.8. The molecule has 1 amide bonds. The average molecular weight is 398 g/mol. The van der Waals surface area contributed by atoms with Crippen LogP contribution in [0.3, 0.4) is 0 Å². The summed E-state index contributed by atoms with van der Waals surface area (Å²) in [6.45, 7) is 2.77. The predicted molar refractivity (Wildman–Crippen MR) is 108 cm³/mol. The molecule has 1 saturated heterocycles. The Labute approximate surface area is 170 Å². The summed E-state index contributed by atoms with van der Waals surface area (Å²) in [5.41, 5.74) is 2.77. The fourth-order valence-corrected chi connectivity index (χ4v) is 3.83. The average Bonchev–Trinajstić information content (AvgIpc) is 3.29. The van der Waals surface area contributed by atoms with Crippen molar-refractivity contribution in [1.29, 1.82) is 0 Å². The Morgan fingerprint density at radius 1 is 1.21 bits per heavy atom. The number of benzene rings is 1. The first-order valence-corrected chi connectivity index (χ1v) is 9.88. The number of nitrogens with zero attached hydrogens (tertiary/aromatic N) is 3. The summed E-state index contributed by atoms with van der Waals surface area (Å²) in [6.07, 6.45) is 4.44. The van der Waals surface area contributed by atoms with Crippen LogP contribution in [0.1, 0.15) is 34.5 Å². The Kier molecular flexibility index (Phi) is 5.80. The summed E-state index contributed by atoms with van der Waals surface area (Å²) in [7, 11) is 3.28. The molecule has 3 heterocycles. The van der Waals surface area contributed by atoms with Gasteiger partial charge in [0.15, 0.2) is 11.5 Å². The van der Waals surface area contributed by atoms with Crippen LogP contribution >= 0.6 is 0 Å². The molecular formula is C21H26N4O4. The molecule has 2 aliphatic rings. The molecular weight excluding hydrogens is 372 g/mol. The third-order valence-corrected chi connectivity index (χ3v) is 5.44. The third-order valence-electron chi connectivity index (χ3n) is 5.44. The predicted octanol–water partition coefficient (Wildman–Crippen LogP) is 1.97. The quantitative estimate of drug-likeness (QED) is 0.796. The Bertz CT molecular complexity index is 883. The standard InChI is InChI=1S/C21H26N4O4/c1-27-18-8-14-5-6-25(12-15(14)9-19(18)28-2)20-10-17(23-13-24-20)21(26)22-11-16-4-3-7-29-16/h8-10,13,16H,3-7,11-12H2,1-2H3,(H,22,26). The fraction of sp³-hybridized carbons (Fsp3) is 0.476. The highest BCUT2D eigenvalue weighted by atomic mass is 16.5. The zero-order valence-electron chi connectivity index (χ0n) is 16.8. The number of ether oxygens (including phenoxy) is 3. The van der Waals surface area contributed by atoms with Crippen molar-refractivity contribution in [3.05, 3.63) is 41.3 Å². The molecule has 4 rings (SSSR count). The molecule has 1 aromatic carbocycles. The van der Waals surface area contributed by atoms with Gasteiger partial charge in [0, 0.05) is 32.3 Å². The summed E-state index contributed by atoms with van der Waals surface area (Å²) in [6, 6.07) is 5.79. The molecule has 2 aromatic rings. The molecule has 1 atom stereocenters. The molecule has 8 heteroatoms. The fourth-order valence-electron chi connectivity index (χ4n) is 3.83. The first-order chi connectivity index (χ1) is 14.2. The molecule has 0 saturated carbocycles. The maximum Gasteiger partial charge on any atom is 0.270 e. The lowest BCUT2D eigenvalue weighted by atomic mass is 9.99. The van der Waals surface area contributed by atoms with Gasteiger partial charge in [0.2, 0.25) is 0 Å². The van der Waals surface area contributed by atoms with Gasteiger partial charge >= 0.3 is 0 Å². The first kappa shape index (κ1) is 19.4. The molecule has 1 N–H and O–H groups in total. The SMILES string of the molecule is COc1cc2c(cc1OC)CN(c1cc(C(=O)NCC3CCCO3)ncn1)CC2. The summed E-state index contributed by atoms with van der Waals surface area (Å²) in [5, 5.41) is 2.91. The van der Waals surface area contributed by atoms with Crippen LogP contribution in [0.4, 0.5) is 5.82 Å². The number of methoxy groups -OCH3 is 2. The van der Waals surface area contributed by atoms with E-state index in [-0.39, 0.29) is 12.0 Å². The zero-order chi connectivity index (χ0) is 20.2. The lowest BCUT2D eigenvalue weighted by Crippen LogP contribution is -2.33. The minimum absolute atomic E-state index is 0.103. The second kappa shape index (κ2) is 8.65. The molecule has 0 aliphatic carbocycles. The molecule has 8 nitrogen and oxygen atoms in total. The maximum atomic E-state index is 12.5.